The number of amides is 3. The fraction of sp³-hybridized carbons (Fsp3) is 0.375. The lowest BCUT2D eigenvalue weighted by molar-refractivity contribution is -0.252. The molecule has 0 saturated carbocycles. The van der Waals surface area contributed by atoms with Gasteiger partial charge in [-0.2, -0.15) is 0 Å². The highest BCUT2D eigenvalue weighted by atomic mass is 16.7. The maximum atomic E-state index is 12.5. The molecule has 0 aromatic heterocycles. The molecule has 1 saturated heterocycles. The summed E-state index contributed by atoms with van der Waals surface area (Å²) in [7, 11) is 0. The van der Waals surface area contributed by atoms with Crippen molar-refractivity contribution < 1.29 is 38.8 Å². The van der Waals surface area contributed by atoms with Gasteiger partial charge in [-0.1, -0.05) is 35.4 Å². The number of carbonyl (C=O) groups is 3. The number of nitrogens with one attached hydrogen (secondary N) is 3. The van der Waals surface area contributed by atoms with Crippen LogP contribution in [0.2, 0.25) is 0 Å². The Balaban J connectivity index is 1.64. The van der Waals surface area contributed by atoms with E-state index in [-0.39, 0.29) is 0 Å². The number of aryl methyl sites for hydroxylation is 2. The second-order valence-electron chi connectivity index (χ2n) is 8.23. The van der Waals surface area contributed by atoms with Crippen molar-refractivity contribution in [3.8, 4) is 0 Å². The molecule has 0 aliphatic carbocycles. The van der Waals surface area contributed by atoms with Crippen LogP contribution in [0.4, 0.5) is 21.0 Å². The first-order valence-corrected chi connectivity index (χ1v) is 11.0. The Labute approximate surface area is 202 Å². The minimum Gasteiger partial charge on any atom is -0.446 e. The first-order chi connectivity index (χ1) is 16.6. The smallest absolute Gasteiger partial charge is 0.412 e. The summed E-state index contributed by atoms with van der Waals surface area (Å²) in [6, 6.07) is 12.7. The molecular weight excluding hydrogens is 458 g/mol. The Morgan fingerprint density at radius 3 is 1.91 bits per heavy atom. The van der Waals surface area contributed by atoms with Crippen molar-refractivity contribution in [3.63, 3.8) is 0 Å². The predicted molar refractivity (Wildman–Crippen MR) is 126 cm³/mol. The summed E-state index contributed by atoms with van der Waals surface area (Å²) < 4.78 is 15.8. The molecule has 3 rings (SSSR count). The highest BCUT2D eigenvalue weighted by molar-refractivity contribution is 5.85. The molecular formula is C24H29N3O8. The summed E-state index contributed by atoms with van der Waals surface area (Å²) in [6.07, 6.45) is -7.55. The van der Waals surface area contributed by atoms with Gasteiger partial charge in [-0.25, -0.2) is 9.59 Å². The second kappa shape index (κ2) is 11.6. The number of hydrogen-bond acceptors (Lipinski definition) is 8. The third-order valence-corrected chi connectivity index (χ3v) is 5.28. The number of ether oxygens (including phenoxy) is 3. The van der Waals surface area contributed by atoms with Gasteiger partial charge in [-0.3, -0.25) is 15.4 Å². The van der Waals surface area contributed by atoms with Gasteiger partial charge in [0.1, 0.15) is 24.9 Å². The first-order valence-electron chi connectivity index (χ1n) is 11.0. The highest BCUT2D eigenvalue weighted by Crippen LogP contribution is 2.24. The number of carbonyl (C=O) groups excluding carboxylic acids is 3. The van der Waals surface area contributed by atoms with Crippen LogP contribution < -0.4 is 16.0 Å². The van der Waals surface area contributed by atoms with E-state index in [2.05, 4.69) is 16.0 Å². The van der Waals surface area contributed by atoms with E-state index in [4.69, 9.17) is 14.2 Å². The summed E-state index contributed by atoms with van der Waals surface area (Å²) >= 11 is 0. The molecule has 5 atom stereocenters. The van der Waals surface area contributed by atoms with E-state index >= 15 is 0 Å². The number of anilines is 2. The molecule has 0 spiro atoms. The zero-order valence-corrected chi connectivity index (χ0v) is 19.6. The number of benzene rings is 2. The number of hydrogen-bond donors (Lipinski definition) is 5. The number of aliphatic hydroxyl groups is 2. The van der Waals surface area contributed by atoms with Crippen molar-refractivity contribution in [1.82, 2.24) is 5.32 Å². The quantitative estimate of drug-likeness (QED) is 0.415. The topological polar surface area (TPSA) is 155 Å². The Morgan fingerprint density at radius 1 is 0.886 bits per heavy atom. The SMILES string of the molecule is CC(=O)N[C@@H]1[C@@H](OC(=O)Nc2ccc(C)cc2)[C@H](O)[C@@H](COC(=O)Nc2ccc(C)cc2)O[C@H]1O. The largest absolute Gasteiger partial charge is 0.446 e. The Morgan fingerprint density at radius 2 is 1.40 bits per heavy atom. The van der Waals surface area contributed by atoms with E-state index in [0.29, 0.717) is 11.4 Å². The van der Waals surface area contributed by atoms with Crippen molar-refractivity contribution in [3.05, 3.63) is 59.7 Å². The lowest BCUT2D eigenvalue weighted by Gasteiger charge is -2.42. The van der Waals surface area contributed by atoms with Crippen LogP contribution in [0.3, 0.4) is 0 Å². The third-order valence-electron chi connectivity index (χ3n) is 5.28. The molecule has 11 heteroatoms. The van der Waals surface area contributed by atoms with Gasteiger partial charge >= 0.3 is 12.2 Å². The second-order valence-corrected chi connectivity index (χ2v) is 8.23. The maximum absolute atomic E-state index is 12.5. The minimum absolute atomic E-state index is 0.450. The Hall–Kier alpha value is -3.67. The molecule has 35 heavy (non-hydrogen) atoms. The van der Waals surface area contributed by atoms with E-state index in [0.717, 1.165) is 11.1 Å². The fourth-order valence-electron chi connectivity index (χ4n) is 3.46. The van der Waals surface area contributed by atoms with E-state index in [1.165, 1.54) is 6.92 Å². The van der Waals surface area contributed by atoms with Gasteiger partial charge in [0.25, 0.3) is 0 Å². The van der Waals surface area contributed by atoms with Crippen molar-refractivity contribution in [2.75, 3.05) is 17.2 Å². The number of aliphatic hydroxyl groups excluding tert-OH is 2. The van der Waals surface area contributed by atoms with Crippen LogP contribution in [0, 0.1) is 13.8 Å². The van der Waals surface area contributed by atoms with E-state index in [1.54, 1.807) is 36.4 Å². The Bertz CT molecular complexity index is 1030. The predicted octanol–water partition coefficient (Wildman–Crippen LogP) is 2.05. The molecule has 0 radical (unpaired) electrons. The van der Waals surface area contributed by atoms with Gasteiger partial charge in [-0.15, -0.1) is 0 Å². The van der Waals surface area contributed by atoms with Crippen LogP contribution in [0.15, 0.2) is 48.5 Å². The zero-order valence-electron chi connectivity index (χ0n) is 19.6. The summed E-state index contributed by atoms with van der Waals surface area (Å²) in [5.74, 6) is -0.537. The van der Waals surface area contributed by atoms with Crippen molar-refractivity contribution in [1.29, 1.82) is 0 Å². The molecule has 0 unspecified atom stereocenters. The molecule has 11 nitrogen and oxygen atoms in total. The van der Waals surface area contributed by atoms with Crippen molar-refractivity contribution in [2.24, 2.45) is 0 Å². The van der Waals surface area contributed by atoms with Gasteiger partial charge in [0.05, 0.1) is 0 Å². The van der Waals surface area contributed by atoms with E-state index < -0.39 is 55.3 Å². The van der Waals surface area contributed by atoms with Gasteiger partial charge in [0.15, 0.2) is 12.4 Å². The Kier molecular flexibility index (Phi) is 8.63. The van der Waals surface area contributed by atoms with Gasteiger partial charge in [-0.05, 0) is 38.1 Å². The fourth-order valence-corrected chi connectivity index (χ4v) is 3.46. The number of rotatable bonds is 6. The van der Waals surface area contributed by atoms with Crippen LogP contribution in [-0.2, 0) is 19.0 Å². The van der Waals surface area contributed by atoms with Crippen LogP contribution in [0.5, 0.6) is 0 Å². The zero-order chi connectivity index (χ0) is 25.5. The molecule has 3 amide bonds. The summed E-state index contributed by atoms with van der Waals surface area (Å²) in [5.41, 5.74) is 2.96. The summed E-state index contributed by atoms with van der Waals surface area (Å²) in [6.45, 7) is 4.54. The lowest BCUT2D eigenvalue weighted by atomic mass is 9.96. The molecule has 1 heterocycles. The first kappa shape index (κ1) is 25.9. The van der Waals surface area contributed by atoms with E-state index in [9.17, 15) is 24.6 Å². The third kappa shape index (κ3) is 7.41. The molecule has 0 bridgehead atoms. The normalized spacial score (nSPS) is 23.6. The van der Waals surface area contributed by atoms with Crippen LogP contribution >= 0.6 is 0 Å². The average molecular weight is 488 g/mol. The molecule has 5 N–H and O–H groups in total. The van der Waals surface area contributed by atoms with Crippen LogP contribution in [-0.4, -0.2) is 65.6 Å². The van der Waals surface area contributed by atoms with Crippen molar-refractivity contribution >= 4 is 29.5 Å². The average Bonchev–Trinajstić information content (AvgIpc) is 2.80. The minimum atomic E-state index is -1.65. The molecule has 1 fully saturated rings. The molecule has 188 valence electrons. The van der Waals surface area contributed by atoms with Gasteiger partial charge in [0.2, 0.25) is 5.91 Å². The van der Waals surface area contributed by atoms with Crippen molar-refractivity contribution in [2.45, 2.75) is 51.4 Å². The lowest BCUT2D eigenvalue weighted by Crippen LogP contribution is -2.65. The van der Waals surface area contributed by atoms with Crippen LogP contribution in [0.25, 0.3) is 0 Å². The van der Waals surface area contributed by atoms with Gasteiger partial charge < -0.3 is 29.7 Å². The standard InChI is InChI=1S/C24H29N3O8/c1-13-4-8-16(9-5-13)26-23(31)33-12-18-20(29)21(19(22(30)34-18)25-15(3)28)35-24(32)27-17-10-6-14(2)7-11-17/h4-11,18-22,29-30H,12H2,1-3H3,(H,25,28)(H,26,31)(H,27,32)/t18-,19-,20-,21-,22-/m1/s1. The van der Waals surface area contributed by atoms with Crippen LogP contribution in [0.1, 0.15) is 18.1 Å². The van der Waals surface area contributed by atoms with E-state index in [1.807, 2.05) is 26.0 Å². The monoisotopic (exact) mass is 487 g/mol. The summed E-state index contributed by atoms with van der Waals surface area (Å²) in [5, 5.41) is 28.7. The molecule has 2 aromatic carbocycles. The highest BCUT2D eigenvalue weighted by Gasteiger charge is 2.48. The van der Waals surface area contributed by atoms with Gasteiger partial charge in [0, 0.05) is 18.3 Å². The molecule has 2 aromatic rings. The molecule has 1 aliphatic heterocycles. The summed E-state index contributed by atoms with van der Waals surface area (Å²) in [4.78, 5) is 36.2. The maximum Gasteiger partial charge on any atom is 0.412 e. The molecule has 1 aliphatic rings.